The molecule has 1 fully saturated rings. The van der Waals surface area contributed by atoms with Crippen LogP contribution >= 0.6 is 0 Å². The van der Waals surface area contributed by atoms with E-state index in [1.165, 1.54) is 0 Å². The molecule has 2 rings (SSSR count). The predicted octanol–water partition coefficient (Wildman–Crippen LogP) is 2.89. The highest BCUT2D eigenvalue weighted by atomic mass is 16.2. The minimum atomic E-state index is -0.268. The fourth-order valence-corrected chi connectivity index (χ4v) is 2.77. The molecule has 1 aromatic carbocycles. The molecule has 4 nitrogen and oxygen atoms in total. The first-order chi connectivity index (χ1) is 9.70. The fraction of sp³-hybridized carbons (Fsp3) is 0.529. The zero-order chi connectivity index (χ0) is 15.8. The van der Waals surface area contributed by atoms with Crippen molar-refractivity contribution >= 4 is 17.5 Å². The number of rotatable bonds is 2. The van der Waals surface area contributed by atoms with Crippen molar-refractivity contribution in [3.63, 3.8) is 0 Å². The number of hydrogen-bond donors (Lipinski definition) is 1. The number of amides is 2. The number of nitrogens with zero attached hydrogens (tertiary/aromatic N) is 1. The molecular formula is C17H24N2O2. The van der Waals surface area contributed by atoms with Crippen LogP contribution in [-0.2, 0) is 9.59 Å². The van der Waals surface area contributed by atoms with Crippen LogP contribution in [-0.4, -0.2) is 28.8 Å². The van der Waals surface area contributed by atoms with Gasteiger partial charge in [0, 0.05) is 24.2 Å². The largest absolute Gasteiger partial charge is 0.337 e. The second-order valence-corrected chi connectivity index (χ2v) is 6.83. The molecule has 4 heteroatoms. The molecule has 1 aliphatic rings. The van der Waals surface area contributed by atoms with Crippen molar-refractivity contribution in [1.82, 2.24) is 4.90 Å². The molecule has 0 saturated carbocycles. The molecule has 114 valence electrons. The Kier molecular flexibility index (Phi) is 4.08. The predicted molar refractivity (Wildman–Crippen MR) is 84.1 cm³/mol. The number of carbonyl (C=O) groups excluding carboxylic acids is 2. The van der Waals surface area contributed by atoms with Crippen molar-refractivity contribution in [3.05, 3.63) is 29.3 Å². The molecule has 0 spiro atoms. The van der Waals surface area contributed by atoms with Gasteiger partial charge in [-0.2, -0.15) is 0 Å². The highest BCUT2D eigenvalue weighted by Crippen LogP contribution is 2.27. The van der Waals surface area contributed by atoms with E-state index in [-0.39, 0.29) is 23.3 Å². The van der Waals surface area contributed by atoms with Gasteiger partial charge < -0.3 is 10.2 Å². The standard InChI is InChI=1S/C17H24N2O2/c1-11-7-6-8-12(2)15(11)18-16(21)13-9-14(20)19(10-13)17(3,4)5/h6-8,13H,9-10H2,1-5H3,(H,18,21). The summed E-state index contributed by atoms with van der Waals surface area (Å²) in [4.78, 5) is 26.3. The summed E-state index contributed by atoms with van der Waals surface area (Å²) in [5, 5.41) is 3.00. The van der Waals surface area contributed by atoms with E-state index in [9.17, 15) is 9.59 Å². The summed E-state index contributed by atoms with van der Waals surface area (Å²) in [7, 11) is 0. The lowest BCUT2D eigenvalue weighted by atomic mass is 10.0. The third-order valence-electron chi connectivity index (χ3n) is 4.03. The van der Waals surface area contributed by atoms with Gasteiger partial charge in [-0.15, -0.1) is 0 Å². The Balaban J connectivity index is 2.11. The van der Waals surface area contributed by atoms with Crippen molar-refractivity contribution in [3.8, 4) is 0 Å². The van der Waals surface area contributed by atoms with Gasteiger partial charge in [0.1, 0.15) is 0 Å². The smallest absolute Gasteiger partial charge is 0.229 e. The Morgan fingerprint density at radius 1 is 1.24 bits per heavy atom. The van der Waals surface area contributed by atoms with E-state index < -0.39 is 0 Å². The van der Waals surface area contributed by atoms with E-state index in [2.05, 4.69) is 5.32 Å². The first kappa shape index (κ1) is 15.5. The molecule has 1 aliphatic heterocycles. The van der Waals surface area contributed by atoms with Gasteiger partial charge in [-0.1, -0.05) is 18.2 Å². The zero-order valence-electron chi connectivity index (χ0n) is 13.5. The van der Waals surface area contributed by atoms with Gasteiger partial charge in [0.05, 0.1) is 5.92 Å². The van der Waals surface area contributed by atoms with Crippen molar-refractivity contribution in [2.75, 3.05) is 11.9 Å². The van der Waals surface area contributed by atoms with Gasteiger partial charge in [-0.25, -0.2) is 0 Å². The highest BCUT2D eigenvalue weighted by molar-refractivity contribution is 5.98. The van der Waals surface area contributed by atoms with E-state index in [0.29, 0.717) is 13.0 Å². The molecule has 21 heavy (non-hydrogen) atoms. The van der Waals surface area contributed by atoms with Crippen LogP contribution < -0.4 is 5.32 Å². The Morgan fingerprint density at radius 2 is 1.81 bits per heavy atom. The Morgan fingerprint density at radius 3 is 2.29 bits per heavy atom. The molecular weight excluding hydrogens is 264 g/mol. The summed E-state index contributed by atoms with van der Waals surface area (Å²) < 4.78 is 0. The Hall–Kier alpha value is -1.84. The van der Waals surface area contributed by atoms with Crippen molar-refractivity contribution in [2.24, 2.45) is 5.92 Å². The van der Waals surface area contributed by atoms with E-state index in [4.69, 9.17) is 0 Å². The summed E-state index contributed by atoms with van der Waals surface area (Å²) in [6.45, 7) is 10.4. The lowest BCUT2D eigenvalue weighted by Crippen LogP contribution is -2.42. The molecule has 1 heterocycles. The summed E-state index contributed by atoms with van der Waals surface area (Å²) in [6.07, 6.45) is 0.300. The molecule has 2 amide bonds. The molecule has 0 aromatic heterocycles. The van der Waals surface area contributed by atoms with E-state index in [1.54, 1.807) is 4.90 Å². The topological polar surface area (TPSA) is 49.4 Å². The minimum absolute atomic E-state index is 0.0594. The van der Waals surface area contributed by atoms with Gasteiger partial charge in [0.15, 0.2) is 0 Å². The van der Waals surface area contributed by atoms with Crippen molar-refractivity contribution < 1.29 is 9.59 Å². The fourth-order valence-electron chi connectivity index (χ4n) is 2.77. The number of likely N-dealkylation sites (tertiary alicyclic amines) is 1. The zero-order valence-corrected chi connectivity index (χ0v) is 13.5. The van der Waals surface area contributed by atoms with Crippen LogP contribution in [0.4, 0.5) is 5.69 Å². The van der Waals surface area contributed by atoms with E-state index in [1.807, 2.05) is 52.8 Å². The first-order valence-electron chi connectivity index (χ1n) is 7.37. The lowest BCUT2D eigenvalue weighted by molar-refractivity contribution is -0.131. The molecule has 0 radical (unpaired) electrons. The van der Waals surface area contributed by atoms with Crippen LogP contribution in [0, 0.1) is 19.8 Å². The second-order valence-electron chi connectivity index (χ2n) is 6.83. The average molecular weight is 288 g/mol. The molecule has 1 aromatic rings. The normalized spacial score (nSPS) is 19.0. The third kappa shape index (κ3) is 3.26. The van der Waals surface area contributed by atoms with E-state index in [0.717, 1.165) is 16.8 Å². The molecule has 1 N–H and O–H groups in total. The van der Waals surface area contributed by atoms with Gasteiger partial charge in [-0.05, 0) is 45.7 Å². The first-order valence-corrected chi connectivity index (χ1v) is 7.37. The molecule has 1 saturated heterocycles. The van der Waals surface area contributed by atoms with Gasteiger partial charge >= 0.3 is 0 Å². The maximum absolute atomic E-state index is 12.4. The van der Waals surface area contributed by atoms with Gasteiger partial charge in [0.2, 0.25) is 11.8 Å². The SMILES string of the molecule is Cc1cccc(C)c1NC(=O)C1CC(=O)N(C(C)(C)C)C1. The number of hydrogen-bond acceptors (Lipinski definition) is 2. The summed E-state index contributed by atoms with van der Waals surface area (Å²) in [5.74, 6) is -0.271. The number of anilines is 1. The average Bonchev–Trinajstić information content (AvgIpc) is 2.76. The summed E-state index contributed by atoms with van der Waals surface area (Å²) in [5.41, 5.74) is 2.72. The molecule has 1 unspecified atom stereocenters. The van der Waals surface area contributed by atoms with Crippen LogP contribution in [0.25, 0.3) is 0 Å². The van der Waals surface area contributed by atoms with Crippen molar-refractivity contribution in [1.29, 1.82) is 0 Å². The summed E-state index contributed by atoms with van der Waals surface area (Å²) in [6, 6.07) is 5.93. The second kappa shape index (κ2) is 5.51. The number of nitrogens with one attached hydrogen (secondary N) is 1. The Bertz CT molecular complexity index is 552. The number of aryl methyl sites for hydroxylation is 2. The van der Waals surface area contributed by atoms with Crippen LogP contribution in [0.1, 0.15) is 38.3 Å². The molecule has 0 aliphatic carbocycles. The highest BCUT2D eigenvalue weighted by Gasteiger charge is 2.39. The maximum atomic E-state index is 12.4. The van der Waals surface area contributed by atoms with Crippen LogP contribution in [0.2, 0.25) is 0 Å². The summed E-state index contributed by atoms with van der Waals surface area (Å²) >= 11 is 0. The monoisotopic (exact) mass is 288 g/mol. The molecule has 0 bridgehead atoms. The maximum Gasteiger partial charge on any atom is 0.229 e. The van der Waals surface area contributed by atoms with Crippen LogP contribution in [0.3, 0.4) is 0 Å². The Labute approximate surface area is 126 Å². The van der Waals surface area contributed by atoms with Crippen LogP contribution in [0.15, 0.2) is 18.2 Å². The van der Waals surface area contributed by atoms with Crippen LogP contribution in [0.5, 0.6) is 0 Å². The lowest BCUT2D eigenvalue weighted by Gasteiger charge is -2.32. The number of benzene rings is 1. The molecule has 1 atom stereocenters. The van der Waals surface area contributed by atoms with Gasteiger partial charge in [0.25, 0.3) is 0 Å². The number of carbonyl (C=O) groups is 2. The van der Waals surface area contributed by atoms with Gasteiger partial charge in [-0.3, -0.25) is 9.59 Å². The quantitative estimate of drug-likeness (QED) is 0.909. The van der Waals surface area contributed by atoms with Crippen molar-refractivity contribution in [2.45, 2.75) is 46.6 Å². The minimum Gasteiger partial charge on any atom is -0.337 e. The van der Waals surface area contributed by atoms with E-state index >= 15 is 0 Å². The number of para-hydroxylation sites is 1. The third-order valence-corrected chi connectivity index (χ3v) is 4.03.